The Labute approximate surface area is 257 Å². The first-order chi connectivity index (χ1) is 21.4. The number of nitrogens with zero attached hydrogens (tertiary/aromatic N) is 3. The molecule has 0 spiro atoms. The minimum absolute atomic E-state index is 0.148. The number of nitrogens with one attached hydrogen (secondary N) is 1. The Morgan fingerprint density at radius 2 is 1.52 bits per heavy atom. The first-order valence-electron chi connectivity index (χ1n) is 14.5. The van der Waals surface area contributed by atoms with Crippen LogP contribution in [0.2, 0.25) is 0 Å². The lowest BCUT2D eigenvalue weighted by Gasteiger charge is -2.40. The predicted octanol–water partition coefficient (Wildman–Crippen LogP) is 6.28. The zero-order chi connectivity index (χ0) is 31.2. The van der Waals surface area contributed by atoms with Crippen LogP contribution >= 0.6 is 0 Å². The molecule has 0 radical (unpaired) electrons. The summed E-state index contributed by atoms with van der Waals surface area (Å²) in [4.78, 5) is 31.6. The fourth-order valence-electron chi connectivity index (χ4n) is 5.53. The molecule has 0 saturated carbocycles. The number of ether oxygens (including phenoxy) is 4. The fraction of sp³-hybridized carbons (Fsp3) is 0.294. The molecule has 4 aromatic rings. The van der Waals surface area contributed by atoms with Gasteiger partial charge < -0.3 is 33.7 Å². The van der Waals surface area contributed by atoms with Gasteiger partial charge in [-0.3, -0.25) is 9.69 Å². The van der Waals surface area contributed by atoms with E-state index in [4.69, 9.17) is 18.9 Å². The molecule has 1 unspecified atom stereocenters. The van der Waals surface area contributed by atoms with Crippen LogP contribution in [-0.2, 0) is 4.79 Å². The van der Waals surface area contributed by atoms with Gasteiger partial charge in [-0.15, -0.1) is 0 Å². The Morgan fingerprint density at radius 1 is 0.818 bits per heavy atom. The quantitative estimate of drug-likeness (QED) is 0.218. The van der Waals surface area contributed by atoms with E-state index in [1.54, 1.807) is 56.4 Å². The van der Waals surface area contributed by atoms with Gasteiger partial charge in [-0.1, -0.05) is 25.5 Å². The molecule has 1 atom stereocenters. The van der Waals surface area contributed by atoms with Crippen molar-refractivity contribution in [3.05, 3.63) is 90.3 Å². The molecule has 3 aromatic carbocycles. The van der Waals surface area contributed by atoms with Crippen LogP contribution in [0, 0.1) is 0 Å². The van der Waals surface area contributed by atoms with Crippen molar-refractivity contribution in [2.24, 2.45) is 0 Å². The number of hydrogen-bond acceptors (Lipinski definition) is 6. The lowest BCUT2D eigenvalue weighted by molar-refractivity contribution is -0.119. The van der Waals surface area contributed by atoms with Gasteiger partial charge in [0.05, 0.1) is 45.5 Å². The molecular weight excluding hydrogens is 560 g/mol. The number of aromatic nitrogens is 1. The number of carbonyl (C=O) groups is 2. The summed E-state index contributed by atoms with van der Waals surface area (Å²) in [5.41, 5.74) is 3.75. The summed E-state index contributed by atoms with van der Waals surface area (Å²) in [6.45, 7) is 2.30. The molecule has 1 aromatic heterocycles. The van der Waals surface area contributed by atoms with Gasteiger partial charge in [-0.05, 0) is 48.9 Å². The summed E-state index contributed by atoms with van der Waals surface area (Å²) in [6, 6.07) is 21.5. The average Bonchev–Trinajstić information content (AvgIpc) is 3.55. The highest BCUT2D eigenvalue weighted by molar-refractivity contribution is 6.01. The van der Waals surface area contributed by atoms with E-state index in [1.807, 2.05) is 67.7 Å². The smallest absolute Gasteiger partial charge is 0.322 e. The van der Waals surface area contributed by atoms with Crippen LogP contribution in [0.4, 0.5) is 16.2 Å². The van der Waals surface area contributed by atoms with Gasteiger partial charge in [0, 0.05) is 42.2 Å². The molecule has 230 valence electrons. The monoisotopic (exact) mass is 598 g/mol. The predicted molar refractivity (Wildman–Crippen MR) is 170 cm³/mol. The highest BCUT2D eigenvalue weighted by atomic mass is 16.5. The molecule has 10 heteroatoms. The van der Waals surface area contributed by atoms with E-state index in [1.165, 1.54) is 0 Å². The van der Waals surface area contributed by atoms with Crippen LogP contribution < -0.4 is 29.2 Å². The highest BCUT2D eigenvalue weighted by Gasteiger charge is 2.38. The van der Waals surface area contributed by atoms with Crippen LogP contribution in [0.5, 0.6) is 23.0 Å². The standard InChI is InChI=1S/C34H38N4O6/c1-6-7-16-36(34(40)35-23-18-25(42-3)20-26(19-23)43-4)22-32(39)38-29-12-9-8-11-28(29)37-17-10-13-30(37)33(38)27-21-24(41-2)14-15-31(27)44-5/h8-15,17-21,33H,6-7,16,22H2,1-5H3,(H,35,40). The topological polar surface area (TPSA) is 94.5 Å². The van der Waals surface area contributed by atoms with Crippen molar-refractivity contribution in [3.8, 4) is 28.7 Å². The van der Waals surface area contributed by atoms with Crippen molar-refractivity contribution in [3.63, 3.8) is 0 Å². The highest BCUT2D eigenvalue weighted by Crippen LogP contribution is 2.45. The van der Waals surface area contributed by atoms with E-state index >= 15 is 0 Å². The Bertz CT molecular complexity index is 1610. The molecule has 1 aliphatic heterocycles. The van der Waals surface area contributed by atoms with Gasteiger partial charge in [0.15, 0.2) is 0 Å². The number of carbonyl (C=O) groups excluding carboxylic acids is 2. The second kappa shape index (κ2) is 13.5. The molecular formula is C34H38N4O6. The van der Waals surface area contributed by atoms with Crippen LogP contribution in [0.15, 0.2) is 79.0 Å². The third kappa shape index (κ3) is 6.01. The SMILES string of the molecule is CCCCN(CC(=O)N1c2ccccc2-n2cccc2C1c1cc(OC)ccc1OC)C(=O)Nc1cc(OC)cc(OC)c1. The molecule has 2 heterocycles. The van der Waals surface area contributed by atoms with Crippen molar-refractivity contribution in [2.45, 2.75) is 25.8 Å². The van der Waals surface area contributed by atoms with Gasteiger partial charge in [0.2, 0.25) is 5.91 Å². The van der Waals surface area contributed by atoms with Crippen molar-refractivity contribution in [2.75, 3.05) is 51.7 Å². The lowest BCUT2D eigenvalue weighted by atomic mass is 9.96. The maximum atomic E-state index is 14.5. The van der Waals surface area contributed by atoms with Gasteiger partial charge in [-0.25, -0.2) is 4.79 Å². The summed E-state index contributed by atoms with van der Waals surface area (Å²) in [5.74, 6) is 2.10. The average molecular weight is 599 g/mol. The van der Waals surface area contributed by atoms with E-state index in [0.29, 0.717) is 35.2 Å². The van der Waals surface area contributed by atoms with Crippen molar-refractivity contribution in [1.29, 1.82) is 0 Å². The van der Waals surface area contributed by atoms with Crippen LogP contribution in [0.1, 0.15) is 37.1 Å². The van der Waals surface area contributed by atoms with Gasteiger partial charge in [-0.2, -0.15) is 0 Å². The Balaban J connectivity index is 1.54. The minimum atomic E-state index is -0.545. The van der Waals surface area contributed by atoms with E-state index < -0.39 is 12.1 Å². The summed E-state index contributed by atoms with van der Waals surface area (Å²) in [7, 11) is 6.31. The van der Waals surface area contributed by atoms with Crippen molar-refractivity contribution < 1.29 is 28.5 Å². The summed E-state index contributed by atoms with van der Waals surface area (Å²) < 4.78 is 24.2. The molecule has 0 aliphatic carbocycles. The molecule has 5 rings (SSSR count). The molecule has 0 saturated heterocycles. The summed E-state index contributed by atoms with van der Waals surface area (Å²) >= 11 is 0. The summed E-state index contributed by atoms with van der Waals surface area (Å²) in [6.07, 6.45) is 3.57. The fourth-order valence-corrected chi connectivity index (χ4v) is 5.53. The number of rotatable bonds is 11. The van der Waals surface area contributed by atoms with Gasteiger partial charge >= 0.3 is 6.03 Å². The number of benzene rings is 3. The second-order valence-corrected chi connectivity index (χ2v) is 10.4. The molecule has 10 nitrogen and oxygen atoms in total. The summed E-state index contributed by atoms with van der Waals surface area (Å²) in [5, 5.41) is 2.93. The Hall–Kier alpha value is -5.12. The molecule has 1 aliphatic rings. The first-order valence-corrected chi connectivity index (χ1v) is 14.5. The number of hydrogen-bond donors (Lipinski definition) is 1. The van der Waals surface area contributed by atoms with E-state index in [0.717, 1.165) is 35.5 Å². The number of fused-ring (bicyclic) bond motifs is 3. The molecule has 1 N–H and O–H groups in total. The van der Waals surface area contributed by atoms with Gasteiger partial charge in [0.25, 0.3) is 0 Å². The molecule has 3 amide bonds. The second-order valence-electron chi connectivity index (χ2n) is 10.4. The van der Waals surface area contributed by atoms with Crippen LogP contribution in [-0.4, -0.2) is 62.9 Å². The molecule has 0 bridgehead atoms. The Kier molecular flexibility index (Phi) is 9.28. The number of methoxy groups -OCH3 is 4. The largest absolute Gasteiger partial charge is 0.497 e. The van der Waals surface area contributed by atoms with E-state index in [9.17, 15) is 9.59 Å². The number of amides is 3. The normalized spacial score (nSPS) is 13.4. The molecule has 0 fully saturated rings. The number of unbranched alkanes of at least 4 members (excludes halogenated alkanes) is 1. The number of para-hydroxylation sites is 2. The van der Waals surface area contributed by atoms with Crippen molar-refractivity contribution >= 4 is 23.3 Å². The minimum Gasteiger partial charge on any atom is -0.497 e. The maximum Gasteiger partial charge on any atom is 0.322 e. The van der Waals surface area contributed by atoms with Gasteiger partial charge in [0.1, 0.15) is 35.6 Å². The molecule has 44 heavy (non-hydrogen) atoms. The third-order valence-corrected chi connectivity index (χ3v) is 7.72. The van der Waals surface area contributed by atoms with Crippen LogP contribution in [0.3, 0.4) is 0 Å². The van der Waals surface area contributed by atoms with Crippen molar-refractivity contribution in [1.82, 2.24) is 9.47 Å². The van der Waals surface area contributed by atoms with E-state index in [2.05, 4.69) is 9.88 Å². The number of urea groups is 1. The Morgan fingerprint density at radius 3 is 2.18 bits per heavy atom. The lowest BCUT2D eigenvalue weighted by Crippen LogP contribution is -2.48. The van der Waals surface area contributed by atoms with E-state index in [-0.39, 0.29) is 12.5 Å². The zero-order valence-electron chi connectivity index (χ0n) is 25.7. The third-order valence-electron chi connectivity index (χ3n) is 7.72. The number of anilines is 2. The maximum absolute atomic E-state index is 14.5. The van der Waals surface area contributed by atoms with Crippen LogP contribution in [0.25, 0.3) is 5.69 Å². The first kappa shape index (κ1) is 30.3. The zero-order valence-corrected chi connectivity index (χ0v) is 25.7.